The van der Waals surface area contributed by atoms with Crippen molar-refractivity contribution in [3.63, 3.8) is 0 Å². The van der Waals surface area contributed by atoms with Crippen LogP contribution in [0.4, 0.5) is 11.4 Å². The van der Waals surface area contributed by atoms with Gasteiger partial charge in [-0.25, -0.2) is 0 Å². The Labute approximate surface area is 122 Å². The Bertz CT molecular complexity index is 641. The van der Waals surface area contributed by atoms with Crippen LogP contribution in [0.2, 0.25) is 0 Å². The number of carbonyl (C=O) groups is 1. The van der Waals surface area contributed by atoms with E-state index in [9.17, 15) is 4.79 Å². The zero-order valence-corrected chi connectivity index (χ0v) is 11.3. The van der Waals surface area contributed by atoms with E-state index >= 15 is 0 Å². The fraction of sp³-hybridized carbons (Fsp3) is 0.133. The molecular formula is C15H17N3O3. The minimum Gasteiger partial charge on any atom is -0.480 e. The van der Waals surface area contributed by atoms with Crippen molar-refractivity contribution in [2.75, 3.05) is 11.5 Å². The van der Waals surface area contributed by atoms with Crippen LogP contribution in [0.15, 0.2) is 42.5 Å². The summed E-state index contributed by atoms with van der Waals surface area (Å²) in [7, 11) is 0. The maximum atomic E-state index is 10.7. The molecule has 0 spiro atoms. The monoisotopic (exact) mass is 287 g/mol. The van der Waals surface area contributed by atoms with E-state index in [1.165, 1.54) is 0 Å². The summed E-state index contributed by atoms with van der Waals surface area (Å²) in [6.45, 7) is 0. The highest BCUT2D eigenvalue weighted by Crippen LogP contribution is 2.29. The topological polar surface area (TPSA) is 125 Å². The van der Waals surface area contributed by atoms with Crippen molar-refractivity contribution in [2.45, 2.75) is 12.5 Å². The molecule has 21 heavy (non-hydrogen) atoms. The second-order valence-corrected chi connectivity index (χ2v) is 4.69. The van der Waals surface area contributed by atoms with Gasteiger partial charge in [-0.05, 0) is 42.3 Å². The number of rotatable bonds is 5. The van der Waals surface area contributed by atoms with E-state index in [1.807, 2.05) is 0 Å². The molecule has 1 atom stereocenters. The highest BCUT2D eigenvalue weighted by atomic mass is 16.5. The third-order valence-corrected chi connectivity index (χ3v) is 2.96. The Morgan fingerprint density at radius 1 is 1.14 bits per heavy atom. The highest BCUT2D eigenvalue weighted by molar-refractivity contribution is 5.73. The van der Waals surface area contributed by atoms with Crippen LogP contribution in [-0.4, -0.2) is 17.1 Å². The van der Waals surface area contributed by atoms with E-state index in [2.05, 4.69) is 0 Å². The van der Waals surface area contributed by atoms with Gasteiger partial charge in [-0.2, -0.15) is 0 Å². The molecule has 0 radical (unpaired) electrons. The maximum absolute atomic E-state index is 10.7. The van der Waals surface area contributed by atoms with E-state index in [-0.39, 0.29) is 6.42 Å². The van der Waals surface area contributed by atoms with E-state index in [0.29, 0.717) is 22.9 Å². The predicted molar refractivity (Wildman–Crippen MR) is 81.1 cm³/mol. The Morgan fingerprint density at radius 2 is 1.81 bits per heavy atom. The van der Waals surface area contributed by atoms with Gasteiger partial charge in [0.25, 0.3) is 0 Å². The lowest BCUT2D eigenvalue weighted by Crippen LogP contribution is -2.32. The number of carboxylic acids is 1. The Hall–Kier alpha value is -2.73. The maximum Gasteiger partial charge on any atom is 0.320 e. The highest BCUT2D eigenvalue weighted by Gasteiger charge is 2.12. The van der Waals surface area contributed by atoms with Crippen LogP contribution >= 0.6 is 0 Å². The molecule has 0 saturated carbocycles. The standard InChI is InChI=1S/C15H17N3O3/c16-10-3-6-14(12(17)8-10)21-11-4-1-9(2-5-11)7-13(18)15(19)20/h1-6,8,13H,7,16-18H2,(H,19,20)/t13-/m0/s1. The van der Waals surface area contributed by atoms with Crippen molar-refractivity contribution in [2.24, 2.45) is 5.73 Å². The number of anilines is 2. The number of aliphatic carboxylic acids is 1. The smallest absolute Gasteiger partial charge is 0.320 e. The van der Waals surface area contributed by atoms with Gasteiger partial charge in [0.1, 0.15) is 17.5 Å². The summed E-state index contributed by atoms with van der Waals surface area (Å²) in [5.41, 5.74) is 18.8. The first kappa shape index (κ1) is 14.7. The van der Waals surface area contributed by atoms with Crippen LogP contribution in [0.1, 0.15) is 5.56 Å². The van der Waals surface area contributed by atoms with Gasteiger partial charge in [-0.3, -0.25) is 4.79 Å². The fourth-order valence-electron chi connectivity index (χ4n) is 1.82. The molecule has 2 aromatic rings. The minimum atomic E-state index is -1.02. The fourth-order valence-corrected chi connectivity index (χ4v) is 1.82. The molecule has 7 N–H and O–H groups in total. The van der Waals surface area contributed by atoms with Gasteiger partial charge >= 0.3 is 5.97 Å². The Kier molecular flexibility index (Phi) is 4.30. The molecule has 0 amide bonds. The summed E-state index contributed by atoms with van der Waals surface area (Å²) in [5.74, 6) is 0.0864. The molecule has 110 valence electrons. The third-order valence-electron chi connectivity index (χ3n) is 2.96. The number of nitrogen functional groups attached to an aromatic ring is 2. The van der Waals surface area contributed by atoms with Gasteiger partial charge in [-0.1, -0.05) is 12.1 Å². The molecule has 0 aliphatic rings. The second kappa shape index (κ2) is 6.15. The predicted octanol–water partition coefficient (Wildman–Crippen LogP) is 1.60. The zero-order valence-electron chi connectivity index (χ0n) is 11.3. The van der Waals surface area contributed by atoms with Crippen molar-refractivity contribution in [1.29, 1.82) is 0 Å². The number of benzene rings is 2. The van der Waals surface area contributed by atoms with Gasteiger partial charge in [-0.15, -0.1) is 0 Å². The van der Waals surface area contributed by atoms with Crippen molar-refractivity contribution < 1.29 is 14.6 Å². The molecule has 0 aliphatic heterocycles. The summed E-state index contributed by atoms with van der Waals surface area (Å²) in [6, 6.07) is 11.1. The first-order chi connectivity index (χ1) is 9.95. The van der Waals surface area contributed by atoms with Crippen molar-refractivity contribution in [1.82, 2.24) is 0 Å². The lowest BCUT2D eigenvalue weighted by molar-refractivity contribution is -0.138. The molecular weight excluding hydrogens is 270 g/mol. The summed E-state index contributed by atoms with van der Waals surface area (Å²) in [4.78, 5) is 10.7. The Morgan fingerprint density at radius 3 is 2.38 bits per heavy atom. The van der Waals surface area contributed by atoms with E-state index in [4.69, 9.17) is 27.0 Å². The molecule has 2 aromatic carbocycles. The van der Waals surface area contributed by atoms with Crippen LogP contribution < -0.4 is 21.9 Å². The molecule has 0 bridgehead atoms. The van der Waals surface area contributed by atoms with Crippen LogP contribution in [0.5, 0.6) is 11.5 Å². The number of hydrogen-bond donors (Lipinski definition) is 4. The molecule has 6 nitrogen and oxygen atoms in total. The summed E-state index contributed by atoms with van der Waals surface area (Å²) in [5, 5.41) is 8.77. The molecule has 6 heteroatoms. The van der Waals surface area contributed by atoms with Crippen molar-refractivity contribution >= 4 is 17.3 Å². The molecule has 0 fully saturated rings. The zero-order chi connectivity index (χ0) is 15.4. The lowest BCUT2D eigenvalue weighted by Gasteiger charge is -2.10. The molecule has 0 heterocycles. The Balaban J connectivity index is 2.07. The lowest BCUT2D eigenvalue weighted by atomic mass is 10.1. The largest absolute Gasteiger partial charge is 0.480 e. The van der Waals surface area contributed by atoms with E-state index < -0.39 is 12.0 Å². The van der Waals surface area contributed by atoms with Crippen molar-refractivity contribution in [3.05, 3.63) is 48.0 Å². The molecule has 0 saturated heterocycles. The van der Waals surface area contributed by atoms with Crippen LogP contribution in [0.3, 0.4) is 0 Å². The second-order valence-electron chi connectivity index (χ2n) is 4.69. The average Bonchev–Trinajstić information content (AvgIpc) is 2.43. The average molecular weight is 287 g/mol. The normalized spacial score (nSPS) is 11.9. The number of nitrogens with two attached hydrogens (primary N) is 3. The summed E-state index contributed by atoms with van der Waals surface area (Å²) >= 11 is 0. The molecule has 0 unspecified atom stereocenters. The number of hydrogen-bond acceptors (Lipinski definition) is 5. The minimum absolute atomic E-state index is 0.264. The first-order valence-electron chi connectivity index (χ1n) is 6.36. The first-order valence-corrected chi connectivity index (χ1v) is 6.36. The number of ether oxygens (including phenoxy) is 1. The molecule has 0 aliphatic carbocycles. The molecule has 2 rings (SSSR count). The van der Waals surface area contributed by atoms with Crippen molar-refractivity contribution in [3.8, 4) is 11.5 Å². The van der Waals surface area contributed by atoms with Crippen LogP contribution in [-0.2, 0) is 11.2 Å². The molecule has 0 aromatic heterocycles. The third kappa shape index (κ3) is 3.87. The van der Waals surface area contributed by atoms with Gasteiger partial charge in [0.2, 0.25) is 0 Å². The van der Waals surface area contributed by atoms with Crippen LogP contribution in [0, 0.1) is 0 Å². The quantitative estimate of drug-likeness (QED) is 0.619. The van der Waals surface area contributed by atoms with Gasteiger partial charge in [0.05, 0.1) is 5.69 Å². The van der Waals surface area contributed by atoms with Crippen LogP contribution in [0.25, 0.3) is 0 Å². The van der Waals surface area contributed by atoms with E-state index in [0.717, 1.165) is 5.56 Å². The van der Waals surface area contributed by atoms with Gasteiger partial charge in [0, 0.05) is 5.69 Å². The summed E-state index contributed by atoms with van der Waals surface area (Å²) < 4.78 is 5.64. The summed E-state index contributed by atoms with van der Waals surface area (Å²) in [6.07, 6.45) is 0.264. The SMILES string of the molecule is Nc1ccc(Oc2ccc(C[C@H](N)C(=O)O)cc2)c(N)c1. The van der Waals surface area contributed by atoms with E-state index in [1.54, 1.807) is 42.5 Å². The van der Waals surface area contributed by atoms with Gasteiger partial charge in [0.15, 0.2) is 0 Å². The van der Waals surface area contributed by atoms with Gasteiger partial charge < -0.3 is 27.0 Å². The number of carboxylic acid groups (broad SMARTS) is 1.